The van der Waals surface area contributed by atoms with Crippen molar-refractivity contribution in [2.24, 2.45) is 17.4 Å². The molecule has 2 rings (SSSR count). The Morgan fingerprint density at radius 1 is 1.25 bits per heavy atom. The molecule has 3 atom stereocenters. The van der Waals surface area contributed by atoms with Crippen LogP contribution in [0.4, 0.5) is 0 Å². The Hall–Kier alpha value is -1.88. The summed E-state index contributed by atoms with van der Waals surface area (Å²) >= 11 is 0. The lowest BCUT2D eigenvalue weighted by atomic mass is 9.91. The Morgan fingerprint density at radius 3 is 2.40 bits per heavy atom. The largest absolute Gasteiger partial charge is 0.368 e. The summed E-state index contributed by atoms with van der Waals surface area (Å²) in [6.07, 6.45) is 0.475. The highest BCUT2D eigenvalue weighted by atomic mass is 16.2. The van der Waals surface area contributed by atoms with Crippen molar-refractivity contribution in [3.63, 3.8) is 0 Å². The van der Waals surface area contributed by atoms with Crippen molar-refractivity contribution in [3.8, 4) is 0 Å². The van der Waals surface area contributed by atoms with Gasteiger partial charge in [-0.3, -0.25) is 9.59 Å². The van der Waals surface area contributed by atoms with Crippen molar-refractivity contribution in [1.82, 2.24) is 4.90 Å². The predicted molar refractivity (Wildman–Crippen MR) is 76.5 cm³/mol. The van der Waals surface area contributed by atoms with Gasteiger partial charge in [0, 0.05) is 19.0 Å². The summed E-state index contributed by atoms with van der Waals surface area (Å²) < 4.78 is 0. The number of hydrogen-bond donors (Lipinski definition) is 2. The third-order valence-corrected chi connectivity index (χ3v) is 4.04. The monoisotopic (exact) mass is 275 g/mol. The minimum atomic E-state index is -0.585. The molecule has 5 nitrogen and oxygen atoms in total. The fourth-order valence-corrected chi connectivity index (χ4v) is 2.50. The summed E-state index contributed by atoms with van der Waals surface area (Å²) in [5, 5.41) is 0. The molecule has 5 heteroatoms. The number of nitrogens with two attached hydrogens (primary N) is 2. The summed E-state index contributed by atoms with van der Waals surface area (Å²) in [4.78, 5) is 25.7. The van der Waals surface area contributed by atoms with Gasteiger partial charge in [-0.1, -0.05) is 31.2 Å². The van der Waals surface area contributed by atoms with E-state index in [-0.39, 0.29) is 17.9 Å². The third kappa shape index (κ3) is 2.67. The SMILES string of the molecule is CC(N)C(C)C(=O)N1Cc2ccccc2C[C@H]1C(N)=O. The van der Waals surface area contributed by atoms with Crippen LogP contribution in [0.15, 0.2) is 24.3 Å². The van der Waals surface area contributed by atoms with Gasteiger partial charge < -0.3 is 16.4 Å². The Labute approximate surface area is 118 Å². The first-order valence-corrected chi connectivity index (χ1v) is 6.84. The lowest BCUT2D eigenvalue weighted by Crippen LogP contribution is -2.54. The molecule has 1 aliphatic heterocycles. The second-order valence-electron chi connectivity index (χ2n) is 5.50. The molecule has 108 valence electrons. The molecule has 0 spiro atoms. The number of hydrogen-bond acceptors (Lipinski definition) is 3. The molecule has 1 aromatic carbocycles. The minimum Gasteiger partial charge on any atom is -0.368 e. The van der Waals surface area contributed by atoms with Crippen LogP contribution >= 0.6 is 0 Å². The van der Waals surface area contributed by atoms with E-state index in [9.17, 15) is 9.59 Å². The predicted octanol–water partition coefficient (Wildman–Crippen LogP) is 0.408. The highest BCUT2D eigenvalue weighted by molar-refractivity contribution is 5.88. The zero-order valence-corrected chi connectivity index (χ0v) is 11.9. The van der Waals surface area contributed by atoms with Crippen LogP contribution in [0, 0.1) is 5.92 Å². The second kappa shape index (κ2) is 5.63. The molecule has 0 fully saturated rings. The first-order valence-electron chi connectivity index (χ1n) is 6.84. The molecule has 20 heavy (non-hydrogen) atoms. The molecule has 1 aliphatic rings. The molecule has 1 heterocycles. The van der Waals surface area contributed by atoms with Gasteiger partial charge in [0.1, 0.15) is 6.04 Å². The molecule has 2 amide bonds. The molecule has 4 N–H and O–H groups in total. The highest BCUT2D eigenvalue weighted by Crippen LogP contribution is 2.25. The molecule has 0 aromatic heterocycles. The summed E-state index contributed by atoms with van der Waals surface area (Å²) in [6, 6.07) is 6.97. The zero-order chi connectivity index (χ0) is 14.9. The normalized spacial score (nSPS) is 20.9. The molecule has 0 saturated carbocycles. The standard InChI is InChI=1S/C15H21N3O2/c1-9(10(2)16)15(20)18-8-12-6-4-3-5-11(12)7-13(18)14(17)19/h3-6,9-10,13H,7-8,16H2,1-2H3,(H2,17,19)/t9?,10?,13-/m0/s1. The Bertz CT molecular complexity index is 528. The topological polar surface area (TPSA) is 89.4 Å². The van der Waals surface area contributed by atoms with Crippen molar-refractivity contribution >= 4 is 11.8 Å². The Morgan fingerprint density at radius 2 is 1.85 bits per heavy atom. The fraction of sp³-hybridized carbons (Fsp3) is 0.467. The second-order valence-corrected chi connectivity index (χ2v) is 5.50. The minimum absolute atomic E-state index is 0.113. The number of carbonyl (C=O) groups excluding carboxylic acids is 2. The van der Waals surface area contributed by atoms with E-state index in [2.05, 4.69) is 0 Å². The molecular formula is C15H21N3O2. The lowest BCUT2D eigenvalue weighted by molar-refractivity contribution is -0.144. The Kier molecular flexibility index (Phi) is 4.09. The van der Waals surface area contributed by atoms with Crippen LogP contribution in [0.5, 0.6) is 0 Å². The van der Waals surface area contributed by atoms with E-state index in [1.54, 1.807) is 18.7 Å². The summed E-state index contributed by atoms with van der Waals surface area (Å²) in [5.41, 5.74) is 13.4. The van der Waals surface area contributed by atoms with Gasteiger partial charge >= 0.3 is 0 Å². The van der Waals surface area contributed by atoms with E-state index in [0.717, 1.165) is 11.1 Å². The van der Waals surface area contributed by atoms with Crippen LogP contribution in [0.1, 0.15) is 25.0 Å². The van der Waals surface area contributed by atoms with Crippen molar-refractivity contribution < 1.29 is 9.59 Å². The van der Waals surface area contributed by atoms with Gasteiger partial charge in [-0.2, -0.15) is 0 Å². The van der Waals surface area contributed by atoms with Crippen molar-refractivity contribution in [3.05, 3.63) is 35.4 Å². The first-order chi connectivity index (χ1) is 9.41. The van der Waals surface area contributed by atoms with Gasteiger partial charge in [0.15, 0.2) is 0 Å². The maximum Gasteiger partial charge on any atom is 0.240 e. The lowest BCUT2D eigenvalue weighted by Gasteiger charge is -2.37. The van der Waals surface area contributed by atoms with Crippen molar-refractivity contribution in [1.29, 1.82) is 0 Å². The van der Waals surface area contributed by atoms with Gasteiger partial charge in [-0.15, -0.1) is 0 Å². The van der Waals surface area contributed by atoms with Crippen LogP contribution in [-0.4, -0.2) is 28.8 Å². The summed E-state index contributed by atoms with van der Waals surface area (Å²) in [5.74, 6) is -0.912. The summed E-state index contributed by atoms with van der Waals surface area (Å²) in [6.45, 7) is 3.99. The van der Waals surface area contributed by atoms with Crippen LogP contribution in [0.25, 0.3) is 0 Å². The molecule has 0 bridgehead atoms. The van der Waals surface area contributed by atoms with Crippen LogP contribution in [0.2, 0.25) is 0 Å². The molecular weight excluding hydrogens is 254 g/mol. The van der Waals surface area contributed by atoms with Gasteiger partial charge in [0.25, 0.3) is 0 Å². The maximum absolute atomic E-state index is 12.5. The third-order valence-electron chi connectivity index (χ3n) is 4.04. The number of amides is 2. The van der Waals surface area contributed by atoms with E-state index in [1.165, 1.54) is 0 Å². The van der Waals surface area contributed by atoms with E-state index in [4.69, 9.17) is 11.5 Å². The van der Waals surface area contributed by atoms with Gasteiger partial charge in [0.2, 0.25) is 11.8 Å². The molecule has 0 aliphatic carbocycles. The number of fused-ring (bicyclic) bond motifs is 1. The number of nitrogens with zero attached hydrogens (tertiary/aromatic N) is 1. The van der Waals surface area contributed by atoms with Crippen molar-refractivity contribution in [2.75, 3.05) is 0 Å². The molecule has 0 saturated heterocycles. The summed E-state index contributed by atoms with van der Waals surface area (Å²) in [7, 11) is 0. The van der Waals surface area contributed by atoms with Gasteiger partial charge in [-0.05, 0) is 18.1 Å². The number of primary amides is 1. The van der Waals surface area contributed by atoms with E-state index in [0.29, 0.717) is 13.0 Å². The van der Waals surface area contributed by atoms with Crippen LogP contribution in [0.3, 0.4) is 0 Å². The Balaban J connectivity index is 2.31. The fourth-order valence-electron chi connectivity index (χ4n) is 2.50. The zero-order valence-electron chi connectivity index (χ0n) is 11.9. The first kappa shape index (κ1) is 14.5. The molecule has 2 unspecified atom stereocenters. The van der Waals surface area contributed by atoms with Crippen LogP contribution in [-0.2, 0) is 22.6 Å². The van der Waals surface area contributed by atoms with Gasteiger partial charge in [-0.25, -0.2) is 0 Å². The average Bonchev–Trinajstić information content (AvgIpc) is 2.44. The molecule has 0 radical (unpaired) electrons. The van der Waals surface area contributed by atoms with E-state index in [1.807, 2.05) is 24.3 Å². The molecule has 1 aromatic rings. The average molecular weight is 275 g/mol. The number of rotatable bonds is 3. The van der Waals surface area contributed by atoms with E-state index < -0.39 is 11.9 Å². The van der Waals surface area contributed by atoms with Crippen molar-refractivity contribution in [2.45, 2.75) is 38.9 Å². The smallest absolute Gasteiger partial charge is 0.240 e. The van der Waals surface area contributed by atoms with Gasteiger partial charge in [0.05, 0.1) is 5.92 Å². The van der Waals surface area contributed by atoms with Crippen LogP contribution < -0.4 is 11.5 Å². The number of benzene rings is 1. The highest BCUT2D eigenvalue weighted by Gasteiger charge is 2.35. The van der Waals surface area contributed by atoms with E-state index >= 15 is 0 Å². The quantitative estimate of drug-likeness (QED) is 0.837. The maximum atomic E-state index is 12.5. The number of carbonyl (C=O) groups is 2.